The van der Waals surface area contributed by atoms with Crippen LogP contribution in [0.2, 0.25) is 0 Å². The summed E-state index contributed by atoms with van der Waals surface area (Å²) >= 11 is 3.10. The fraction of sp³-hybridized carbons (Fsp3) is 0. The molecule has 0 aliphatic rings. The van der Waals surface area contributed by atoms with Crippen molar-refractivity contribution in [2.45, 2.75) is 0 Å². The highest BCUT2D eigenvalue weighted by Crippen LogP contribution is 2.20. The van der Waals surface area contributed by atoms with Crippen molar-refractivity contribution in [1.82, 2.24) is 0 Å². The number of nitrogens with one attached hydrogen (secondary N) is 1. The van der Waals surface area contributed by atoms with Crippen molar-refractivity contribution in [3.05, 3.63) is 74.0 Å². The summed E-state index contributed by atoms with van der Waals surface area (Å²) in [6.07, 6.45) is 1.26. The molecular weight excluding hydrogens is 381 g/mol. The van der Waals surface area contributed by atoms with Gasteiger partial charge in [-0.25, -0.2) is 4.39 Å². The van der Waals surface area contributed by atoms with Gasteiger partial charge in [-0.1, -0.05) is 15.9 Å². The van der Waals surface area contributed by atoms with Gasteiger partial charge >= 0.3 is 0 Å². The van der Waals surface area contributed by atoms with E-state index in [0.717, 1.165) is 0 Å². The number of amides is 1. The lowest BCUT2D eigenvalue weighted by atomic mass is 10.1. The van der Waals surface area contributed by atoms with E-state index in [-0.39, 0.29) is 16.9 Å². The highest BCUT2D eigenvalue weighted by molar-refractivity contribution is 9.10. The van der Waals surface area contributed by atoms with E-state index < -0.39 is 16.6 Å². The molecule has 2 rings (SSSR count). The van der Waals surface area contributed by atoms with E-state index in [4.69, 9.17) is 5.26 Å². The van der Waals surface area contributed by atoms with Crippen LogP contribution in [-0.4, -0.2) is 10.8 Å². The number of nitro groups is 1. The molecule has 6 nitrogen and oxygen atoms in total. The Kier molecular flexibility index (Phi) is 5.39. The van der Waals surface area contributed by atoms with Crippen molar-refractivity contribution < 1.29 is 14.1 Å². The first-order valence-electron chi connectivity index (χ1n) is 6.53. The Labute approximate surface area is 144 Å². The number of rotatable bonds is 4. The lowest BCUT2D eigenvalue weighted by Gasteiger charge is -2.06. The second-order valence-corrected chi connectivity index (χ2v) is 5.51. The van der Waals surface area contributed by atoms with Crippen LogP contribution in [0.15, 0.2) is 52.5 Å². The third-order valence-corrected chi connectivity index (χ3v) is 3.45. The maximum atomic E-state index is 13.7. The molecule has 2 aromatic rings. The average Bonchev–Trinajstić information content (AvgIpc) is 2.55. The van der Waals surface area contributed by atoms with Crippen LogP contribution in [0.3, 0.4) is 0 Å². The number of hydrogen-bond acceptors (Lipinski definition) is 4. The van der Waals surface area contributed by atoms with Crippen LogP contribution in [-0.2, 0) is 4.79 Å². The summed E-state index contributed by atoms with van der Waals surface area (Å²) in [5.74, 6) is -1.43. The van der Waals surface area contributed by atoms with Gasteiger partial charge in [0.15, 0.2) is 0 Å². The van der Waals surface area contributed by atoms with E-state index in [2.05, 4.69) is 21.2 Å². The summed E-state index contributed by atoms with van der Waals surface area (Å²) in [5.41, 5.74) is 0.00911. The monoisotopic (exact) mass is 389 g/mol. The van der Waals surface area contributed by atoms with Gasteiger partial charge in [0.25, 0.3) is 11.6 Å². The maximum absolute atomic E-state index is 13.7. The zero-order chi connectivity index (χ0) is 17.7. The Morgan fingerprint density at radius 2 is 1.96 bits per heavy atom. The minimum atomic E-state index is -0.780. The van der Waals surface area contributed by atoms with Crippen LogP contribution < -0.4 is 5.32 Å². The van der Waals surface area contributed by atoms with Crippen LogP contribution in [0.1, 0.15) is 5.56 Å². The Bertz CT molecular complexity index is 873. The van der Waals surface area contributed by atoms with Crippen LogP contribution in [0.25, 0.3) is 6.08 Å². The van der Waals surface area contributed by atoms with Gasteiger partial charge in [-0.3, -0.25) is 14.9 Å². The number of halogens is 2. The molecule has 2 aromatic carbocycles. The van der Waals surface area contributed by atoms with Crippen LogP contribution in [0, 0.1) is 27.3 Å². The SMILES string of the molecule is N#CC(=Cc1ccc([N+](=O)[O-])cc1)C(=O)Nc1ccc(Br)cc1F. The molecule has 0 fully saturated rings. The molecule has 0 radical (unpaired) electrons. The van der Waals surface area contributed by atoms with Gasteiger partial charge < -0.3 is 5.32 Å². The molecule has 1 N–H and O–H groups in total. The van der Waals surface area contributed by atoms with E-state index in [9.17, 15) is 19.3 Å². The summed E-state index contributed by atoms with van der Waals surface area (Å²) in [5, 5.41) is 22.0. The van der Waals surface area contributed by atoms with E-state index in [1.54, 1.807) is 12.1 Å². The summed E-state index contributed by atoms with van der Waals surface area (Å²) in [4.78, 5) is 22.1. The molecule has 0 bridgehead atoms. The number of hydrogen-bond donors (Lipinski definition) is 1. The molecule has 0 unspecified atom stereocenters. The molecule has 8 heteroatoms. The van der Waals surface area contributed by atoms with Crippen molar-refractivity contribution in [3.63, 3.8) is 0 Å². The third-order valence-electron chi connectivity index (χ3n) is 2.96. The Morgan fingerprint density at radius 3 is 2.50 bits per heavy atom. The first-order valence-corrected chi connectivity index (χ1v) is 7.32. The van der Waals surface area contributed by atoms with Crippen LogP contribution in [0.4, 0.5) is 15.8 Å². The van der Waals surface area contributed by atoms with Gasteiger partial charge in [-0.2, -0.15) is 5.26 Å². The Morgan fingerprint density at radius 1 is 1.29 bits per heavy atom. The van der Waals surface area contributed by atoms with Gasteiger partial charge in [0.2, 0.25) is 0 Å². The van der Waals surface area contributed by atoms with E-state index in [0.29, 0.717) is 10.0 Å². The van der Waals surface area contributed by atoms with Gasteiger partial charge in [-0.15, -0.1) is 0 Å². The average molecular weight is 390 g/mol. The van der Waals surface area contributed by atoms with Crippen LogP contribution >= 0.6 is 15.9 Å². The fourth-order valence-corrected chi connectivity index (χ4v) is 2.12. The second-order valence-electron chi connectivity index (χ2n) is 4.60. The van der Waals surface area contributed by atoms with Gasteiger partial charge in [0.05, 0.1) is 10.6 Å². The fourth-order valence-electron chi connectivity index (χ4n) is 1.79. The topological polar surface area (TPSA) is 96.0 Å². The molecule has 0 spiro atoms. The number of nitro benzene ring substituents is 1. The third kappa shape index (κ3) is 4.24. The highest BCUT2D eigenvalue weighted by Gasteiger charge is 2.13. The Balaban J connectivity index is 2.22. The number of nitriles is 1. The Hall–Kier alpha value is -3.05. The normalized spacial score (nSPS) is 10.8. The lowest BCUT2D eigenvalue weighted by Crippen LogP contribution is -2.14. The molecule has 0 aliphatic carbocycles. The first-order chi connectivity index (χ1) is 11.4. The molecule has 0 atom stereocenters. The highest BCUT2D eigenvalue weighted by atomic mass is 79.9. The van der Waals surface area contributed by atoms with Gasteiger partial charge in [-0.05, 0) is 42.0 Å². The van der Waals surface area contributed by atoms with Crippen molar-refractivity contribution in [3.8, 4) is 6.07 Å². The standard InChI is InChI=1S/C16H9BrFN3O3/c17-12-3-6-15(14(18)8-12)20-16(22)11(9-19)7-10-1-4-13(5-2-10)21(23)24/h1-8H,(H,20,22). The predicted octanol–water partition coefficient (Wildman–Crippen LogP) is 4.04. The second kappa shape index (κ2) is 7.48. The number of carbonyl (C=O) groups is 1. The molecule has 24 heavy (non-hydrogen) atoms. The van der Waals surface area contributed by atoms with Crippen LogP contribution in [0.5, 0.6) is 0 Å². The molecule has 0 saturated carbocycles. The molecule has 1 amide bonds. The zero-order valence-corrected chi connectivity index (χ0v) is 13.6. The molecular formula is C16H9BrFN3O3. The van der Waals surface area contributed by atoms with Crippen molar-refractivity contribution >= 4 is 39.3 Å². The molecule has 0 saturated heterocycles. The maximum Gasteiger partial charge on any atom is 0.269 e. The molecule has 0 aromatic heterocycles. The van der Waals surface area contributed by atoms with E-state index >= 15 is 0 Å². The van der Waals surface area contributed by atoms with Crippen molar-refractivity contribution in [1.29, 1.82) is 5.26 Å². The molecule has 0 heterocycles. The van der Waals surface area contributed by atoms with E-state index in [1.807, 2.05) is 0 Å². The quantitative estimate of drug-likeness (QED) is 0.369. The summed E-state index contributed by atoms with van der Waals surface area (Å²) < 4.78 is 14.2. The number of non-ortho nitro benzene ring substituents is 1. The van der Waals surface area contributed by atoms with Crippen molar-refractivity contribution in [2.75, 3.05) is 5.32 Å². The lowest BCUT2D eigenvalue weighted by molar-refractivity contribution is -0.384. The minimum Gasteiger partial charge on any atom is -0.319 e. The summed E-state index contributed by atoms with van der Waals surface area (Å²) in [6.45, 7) is 0. The summed E-state index contributed by atoms with van der Waals surface area (Å²) in [7, 11) is 0. The smallest absolute Gasteiger partial charge is 0.269 e. The first kappa shape index (κ1) is 17.3. The van der Waals surface area contributed by atoms with Crippen molar-refractivity contribution in [2.24, 2.45) is 0 Å². The largest absolute Gasteiger partial charge is 0.319 e. The minimum absolute atomic E-state index is 0.0620. The summed E-state index contributed by atoms with van der Waals surface area (Å²) in [6, 6.07) is 11.1. The predicted molar refractivity (Wildman–Crippen MR) is 89.4 cm³/mol. The number of nitrogens with zero attached hydrogens (tertiary/aromatic N) is 2. The van der Waals surface area contributed by atoms with E-state index in [1.165, 1.54) is 42.5 Å². The molecule has 0 aliphatic heterocycles. The number of carbonyl (C=O) groups excluding carboxylic acids is 1. The number of anilines is 1. The zero-order valence-electron chi connectivity index (χ0n) is 12.0. The molecule has 120 valence electrons. The van der Waals surface area contributed by atoms with Gasteiger partial charge in [0, 0.05) is 16.6 Å². The number of benzene rings is 2. The van der Waals surface area contributed by atoms with Gasteiger partial charge in [0.1, 0.15) is 17.5 Å².